The zero-order valence-electron chi connectivity index (χ0n) is 16.2. The largest absolute Gasteiger partial charge is 0.493 e. The Morgan fingerprint density at radius 2 is 1.83 bits per heavy atom. The average Bonchev–Trinajstić information content (AvgIpc) is 2.73. The van der Waals surface area contributed by atoms with Crippen LogP contribution in [0.25, 0.3) is 0 Å². The highest BCUT2D eigenvalue weighted by Gasteiger charge is 2.13. The summed E-state index contributed by atoms with van der Waals surface area (Å²) in [6.45, 7) is 1.83. The van der Waals surface area contributed by atoms with Gasteiger partial charge in [0, 0.05) is 11.9 Å². The highest BCUT2D eigenvalue weighted by atomic mass is 35.5. The summed E-state index contributed by atoms with van der Waals surface area (Å²) in [6.07, 6.45) is 1.70. The highest BCUT2D eigenvalue weighted by Crippen LogP contribution is 2.36. The Morgan fingerprint density at radius 1 is 1.10 bits per heavy atom. The second-order valence-electron chi connectivity index (χ2n) is 6.33. The van der Waals surface area contributed by atoms with Crippen LogP contribution in [0.1, 0.15) is 11.1 Å². The van der Waals surface area contributed by atoms with Gasteiger partial charge in [-0.1, -0.05) is 47.5 Å². The van der Waals surface area contributed by atoms with Gasteiger partial charge in [0.15, 0.2) is 18.1 Å². The molecule has 0 aromatic heterocycles. The zero-order chi connectivity index (χ0) is 20.6. The van der Waals surface area contributed by atoms with Gasteiger partial charge in [0.25, 0.3) is 5.91 Å². The first-order valence-corrected chi connectivity index (χ1v) is 9.39. The first-order chi connectivity index (χ1) is 14.0. The number of ether oxygens (including phenoxy) is 2. The fourth-order valence-corrected chi connectivity index (χ4v) is 2.86. The summed E-state index contributed by atoms with van der Waals surface area (Å²) in [5, 5.41) is 3.09. The summed E-state index contributed by atoms with van der Waals surface area (Å²) >= 11 is 6.36. The van der Waals surface area contributed by atoms with Gasteiger partial charge in [0.1, 0.15) is 0 Å². The van der Waals surface area contributed by atoms with Crippen LogP contribution in [0.5, 0.6) is 11.5 Å². The predicted molar refractivity (Wildman–Crippen MR) is 117 cm³/mol. The van der Waals surface area contributed by atoms with Crippen LogP contribution in [0, 0.1) is 6.92 Å². The summed E-state index contributed by atoms with van der Waals surface area (Å²) < 4.78 is 11.0. The third-order valence-electron chi connectivity index (χ3n) is 4.05. The van der Waals surface area contributed by atoms with Gasteiger partial charge in [0.05, 0.1) is 17.8 Å². The van der Waals surface area contributed by atoms with Crippen LogP contribution >= 0.6 is 11.6 Å². The summed E-state index contributed by atoms with van der Waals surface area (Å²) in [7, 11) is 1.52. The van der Waals surface area contributed by atoms with Crippen molar-refractivity contribution in [1.29, 1.82) is 0 Å². The fraction of sp³-hybridized carbons (Fsp3) is 0.130. The number of nitrogens with one attached hydrogen (secondary N) is 1. The van der Waals surface area contributed by atoms with E-state index in [-0.39, 0.29) is 12.5 Å². The molecule has 1 N–H and O–H groups in total. The minimum atomic E-state index is -0.292. The molecule has 1 amide bonds. The van der Waals surface area contributed by atoms with E-state index in [1.807, 2.05) is 49.4 Å². The molecule has 0 atom stereocenters. The molecule has 0 aliphatic carbocycles. The van der Waals surface area contributed by atoms with Gasteiger partial charge in [-0.3, -0.25) is 9.79 Å². The number of anilines is 1. The van der Waals surface area contributed by atoms with Crippen LogP contribution in [-0.2, 0) is 4.79 Å². The number of methoxy groups -OCH3 is 1. The van der Waals surface area contributed by atoms with E-state index < -0.39 is 0 Å². The standard InChI is InChI=1S/C23H21ClN2O3/c1-16-8-10-18(11-9-16)25-14-17-12-20(24)23(21(13-17)28-2)29-15-22(27)26-19-6-4-3-5-7-19/h3-14H,15H2,1-2H3,(H,26,27). The van der Waals surface area contributed by atoms with Gasteiger partial charge in [-0.25, -0.2) is 0 Å². The number of halogens is 1. The van der Waals surface area contributed by atoms with Crippen molar-refractivity contribution in [2.75, 3.05) is 19.0 Å². The van der Waals surface area contributed by atoms with Crippen molar-refractivity contribution in [1.82, 2.24) is 0 Å². The molecule has 0 heterocycles. The number of amides is 1. The lowest BCUT2D eigenvalue weighted by atomic mass is 10.2. The number of benzene rings is 3. The Bertz CT molecular complexity index is 1000. The van der Waals surface area contributed by atoms with E-state index in [2.05, 4.69) is 10.3 Å². The number of nitrogens with zero attached hydrogens (tertiary/aromatic N) is 1. The smallest absolute Gasteiger partial charge is 0.262 e. The maximum atomic E-state index is 12.1. The molecule has 0 radical (unpaired) electrons. The molecule has 0 aliphatic heterocycles. The molecule has 3 aromatic rings. The normalized spacial score (nSPS) is 10.7. The Morgan fingerprint density at radius 3 is 2.52 bits per heavy atom. The maximum absolute atomic E-state index is 12.1. The number of hydrogen-bond acceptors (Lipinski definition) is 4. The van der Waals surface area contributed by atoms with Gasteiger partial charge < -0.3 is 14.8 Å². The van der Waals surface area contributed by atoms with E-state index in [4.69, 9.17) is 21.1 Å². The molecule has 0 saturated heterocycles. The third kappa shape index (κ3) is 5.83. The lowest BCUT2D eigenvalue weighted by Gasteiger charge is -2.13. The molecule has 6 heteroatoms. The highest BCUT2D eigenvalue weighted by molar-refractivity contribution is 6.32. The second kappa shape index (κ2) is 9.75. The lowest BCUT2D eigenvalue weighted by Crippen LogP contribution is -2.20. The molecular weight excluding hydrogens is 388 g/mol. The van der Waals surface area contributed by atoms with Gasteiger partial charge in [-0.15, -0.1) is 0 Å². The number of para-hydroxylation sites is 1. The number of carbonyl (C=O) groups excluding carboxylic acids is 1. The first kappa shape index (κ1) is 20.4. The quantitative estimate of drug-likeness (QED) is 0.530. The summed E-state index contributed by atoms with van der Waals surface area (Å²) in [5.74, 6) is 0.444. The molecule has 0 saturated carbocycles. The molecule has 0 aliphatic rings. The fourth-order valence-electron chi connectivity index (χ4n) is 2.59. The molecule has 29 heavy (non-hydrogen) atoms. The van der Waals surface area contributed by atoms with E-state index in [1.165, 1.54) is 12.7 Å². The van der Waals surface area contributed by atoms with E-state index in [1.54, 1.807) is 30.5 Å². The molecule has 0 fully saturated rings. The number of aryl methyl sites for hydroxylation is 1. The van der Waals surface area contributed by atoms with Crippen molar-refractivity contribution in [3.63, 3.8) is 0 Å². The van der Waals surface area contributed by atoms with Crippen molar-refractivity contribution in [3.05, 3.63) is 82.9 Å². The third-order valence-corrected chi connectivity index (χ3v) is 4.33. The minimum Gasteiger partial charge on any atom is -0.493 e. The molecular formula is C23H21ClN2O3. The van der Waals surface area contributed by atoms with Crippen molar-refractivity contribution in [2.45, 2.75) is 6.92 Å². The van der Waals surface area contributed by atoms with E-state index in [0.717, 1.165) is 11.3 Å². The monoisotopic (exact) mass is 408 g/mol. The van der Waals surface area contributed by atoms with Crippen LogP contribution in [0.4, 0.5) is 11.4 Å². The van der Waals surface area contributed by atoms with Gasteiger partial charge in [-0.2, -0.15) is 0 Å². The number of aliphatic imine (C=N–C) groups is 1. The lowest BCUT2D eigenvalue weighted by molar-refractivity contribution is -0.118. The van der Waals surface area contributed by atoms with Crippen LogP contribution in [-0.4, -0.2) is 25.8 Å². The van der Waals surface area contributed by atoms with Crippen LogP contribution < -0.4 is 14.8 Å². The Balaban J connectivity index is 1.69. The molecule has 3 rings (SSSR count). The zero-order valence-corrected chi connectivity index (χ0v) is 16.9. The van der Waals surface area contributed by atoms with Crippen LogP contribution in [0.15, 0.2) is 71.7 Å². The predicted octanol–water partition coefficient (Wildman–Crippen LogP) is 5.43. The number of hydrogen-bond donors (Lipinski definition) is 1. The van der Waals surface area contributed by atoms with Gasteiger partial charge in [0.2, 0.25) is 0 Å². The molecule has 3 aromatic carbocycles. The van der Waals surface area contributed by atoms with Crippen molar-refractivity contribution in [3.8, 4) is 11.5 Å². The molecule has 0 spiro atoms. The summed E-state index contributed by atoms with van der Waals surface area (Å²) in [6, 6.07) is 20.5. The molecule has 0 bridgehead atoms. The van der Waals surface area contributed by atoms with Gasteiger partial charge >= 0.3 is 0 Å². The second-order valence-corrected chi connectivity index (χ2v) is 6.74. The van der Waals surface area contributed by atoms with E-state index >= 15 is 0 Å². The number of rotatable bonds is 7. The van der Waals surface area contributed by atoms with Crippen molar-refractivity contribution in [2.24, 2.45) is 4.99 Å². The Labute approximate surface area is 175 Å². The summed E-state index contributed by atoms with van der Waals surface area (Å²) in [4.78, 5) is 16.5. The van der Waals surface area contributed by atoms with Crippen LogP contribution in [0.2, 0.25) is 5.02 Å². The Kier molecular flexibility index (Phi) is 6.87. The summed E-state index contributed by atoms with van der Waals surface area (Å²) in [5.41, 5.74) is 3.46. The molecule has 148 valence electrons. The van der Waals surface area contributed by atoms with E-state index in [0.29, 0.717) is 22.2 Å². The van der Waals surface area contributed by atoms with Crippen molar-refractivity contribution < 1.29 is 14.3 Å². The van der Waals surface area contributed by atoms with Gasteiger partial charge in [-0.05, 0) is 48.9 Å². The SMILES string of the molecule is COc1cc(C=Nc2ccc(C)cc2)cc(Cl)c1OCC(=O)Nc1ccccc1. The molecule has 0 unspecified atom stereocenters. The van der Waals surface area contributed by atoms with Crippen LogP contribution in [0.3, 0.4) is 0 Å². The molecule has 5 nitrogen and oxygen atoms in total. The van der Waals surface area contributed by atoms with E-state index in [9.17, 15) is 4.79 Å². The van der Waals surface area contributed by atoms with Crippen molar-refractivity contribution >= 4 is 35.1 Å². The first-order valence-electron chi connectivity index (χ1n) is 9.01. The topological polar surface area (TPSA) is 59.9 Å². The minimum absolute atomic E-state index is 0.193. The Hall–Kier alpha value is -3.31. The average molecular weight is 409 g/mol. The number of carbonyl (C=O) groups is 1. The maximum Gasteiger partial charge on any atom is 0.262 e.